The summed E-state index contributed by atoms with van der Waals surface area (Å²) in [5.41, 5.74) is 24.5. The first kappa shape index (κ1) is 45.7. The quantitative estimate of drug-likeness (QED) is 0.135. The highest BCUT2D eigenvalue weighted by Gasteiger charge is 2.27. The van der Waals surface area contributed by atoms with Gasteiger partial charge in [0.15, 0.2) is 23.2 Å². The zero-order valence-corrected chi connectivity index (χ0v) is 41.8. The summed E-state index contributed by atoms with van der Waals surface area (Å²) in [7, 11) is 27.5. The normalized spacial score (nSPS) is 11.3. The predicted molar refractivity (Wildman–Crippen MR) is 327 cm³/mol. The van der Waals surface area contributed by atoms with Crippen LogP contribution in [0, 0.1) is 0 Å². The fraction of sp³-hybridized carbons (Fsp3) is 0. The highest BCUT2D eigenvalue weighted by Crippen LogP contribution is 2.37. The van der Waals surface area contributed by atoms with Crippen LogP contribution in [0.3, 0.4) is 0 Å². The van der Waals surface area contributed by atoms with Gasteiger partial charge in [-0.1, -0.05) is 129 Å². The number of hydrogen-bond donors (Lipinski definition) is 0. The molecule has 69 heavy (non-hydrogen) atoms. The summed E-state index contributed by atoms with van der Waals surface area (Å²) >= 11 is 0. The van der Waals surface area contributed by atoms with Gasteiger partial charge in [-0.05, 0) is 65.0 Å². The van der Waals surface area contributed by atoms with Gasteiger partial charge in [0.05, 0.1) is 11.3 Å². The number of benzene rings is 8. The minimum Gasteiger partial charge on any atom is -0.457 e. The van der Waals surface area contributed by atoms with E-state index in [0.29, 0.717) is 29.0 Å². The summed E-state index contributed by atoms with van der Waals surface area (Å²) in [6.45, 7) is 0. The Labute approximate surface area is 415 Å². The van der Waals surface area contributed by atoms with Crippen molar-refractivity contribution in [1.29, 1.82) is 0 Å². The summed E-state index contributed by atoms with van der Waals surface area (Å²) in [5, 5.41) is 2.60. The molecular weight excluding hydrogens is 830 g/mol. The van der Waals surface area contributed by atoms with Crippen molar-refractivity contribution in [3.05, 3.63) is 133 Å². The highest BCUT2D eigenvalue weighted by atomic mass is 16.5. The molecule has 0 N–H and O–H groups in total. The third-order valence-corrected chi connectivity index (χ3v) is 15.1. The maximum atomic E-state index is 7.08. The molecule has 10 rings (SSSR count). The molecule has 0 saturated carbocycles. The van der Waals surface area contributed by atoms with Crippen LogP contribution >= 0.6 is 0 Å². The molecule has 18 heteroatoms. The van der Waals surface area contributed by atoms with Gasteiger partial charge in [-0.2, -0.15) is 0 Å². The van der Waals surface area contributed by atoms with Crippen molar-refractivity contribution >= 4 is 182 Å². The lowest BCUT2D eigenvalue weighted by molar-refractivity contribution is 0.481. The monoisotopic (exact) mass is 878 g/mol. The lowest BCUT2D eigenvalue weighted by Gasteiger charge is -2.25. The Kier molecular flexibility index (Phi) is 12.0. The molecule has 6 nitrogen and oxygen atoms in total. The predicted octanol–water partition coefficient (Wildman–Crippen LogP) is -7.68. The van der Waals surface area contributed by atoms with Crippen molar-refractivity contribution in [3.8, 4) is 74.0 Å². The molecule has 0 aliphatic carbocycles. The fourth-order valence-corrected chi connectivity index (χ4v) is 10.5. The average molecular weight is 877 g/mol. The van der Waals surface area contributed by atoms with Crippen LogP contribution < -0.4 is 75.0 Å². The van der Waals surface area contributed by atoms with E-state index in [4.69, 9.17) is 24.4 Å². The van der Waals surface area contributed by atoms with Crippen LogP contribution in [0.4, 0.5) is 0 Å². The van der Waals surface area contributed by atoms with E-state index >= 15 is 0 Å². The van der Waals surface area contributed by atoms with Crippen molar-refractivity contribution < 1.29 is 9.47 Å². The first-order valence-corrected chi connectivity index (χ1v) is 23.9. The molecule has 2 aromatic heterocycles. The zero-order valence-electron chi connectivity index (χ0n) is 41.8. The summed E-state index contributed by atoms with van der Waals surface area (Å²) in [4.78, 5) is 15.2. The van der Waals surface area contributed by atoms with Crippen molar-refractivity contribution in [2.75, 3.05) is 0 Å². The topological polar surface area (TPSA) is 62.1 Å². The van der Waals surface area contributed by atoms with Crippen LogP contribution in [-0.2, 0) is 0 Å². The molecule has 0 fully saturated rings. The second-order valence-corrected chi connectivity index (χ2v) is 18.7. The van der Waals surface area contributed by atoms with E-state index in [0.717, 1.165) is 33.9 Å². The van der Waals surface area contributed by atoms with E-state index in [1.54, 1.807) is 0 Å². The lowest BCUT2D eigenvalue weighted by atomic mass is 9.57. The smallest absolute Gasteiger partial charge is 0.167 e. The van der Waals surface area contributed by atoms with E-state index in [9.17, 15) is 0 Å². The molecule has 0 radical (unpaired) electrons. The largest absolute Gasteiger partial charge is 0.457 e. The van der Waals surface area contributed by atoms with Gasteiger partial charge in [0.1, 0.15) is 111 Å². The zero-order chi connectivity index (χ0) is 48.4. The van der Waals surface area contributed by atoms with Gasteiger partial charge in [0, 0.05) is 27.5 Å². The number of rotatable bonds is 9. The van der Waals surface area contributed by atoms with Gasteiger partial charge >= 0.3 is 0 Å². The SMILES string of the molecule is Bc1c(B)c(B)c(-c2c(B)c(B)c3c(c2B)c2c(B)c(B)c(B)c(B)c2n3-c2ccccc2Oc2cccc(-c3nc(-c4ccccc4)nc(-c4ccccc4Oc4ccccc4)n3)c2)c(B)c1B. The molecule has 2 heterocycles. The minimum atomic E-state index is 0.506. The number of aromatic nitrogens is 4. The highest BCUT2D eigenvalue weighted by molar-refractivity contribution is 6.72. The Morgan fingerprint density at radius 2 is 0.768 bits per heavy atom. The summed E-state index contributed by atoms with van der Waals surface area (Å²) in [6, 6.07) is 44.1. The third-order valence-electron chi connectivity index (χ3n) is 15.1. The number of ether oxygens (including phenoxy) is 2. The van der Waals surface area contributed by atoms with Crippen LogP contribution in [0.1, 0.15) is 0 Å². The average Bonchev–Trinajstić information content (AvgIpc) is 3.74. The first-order chi connectivity index (χ1) is 33.2. The molecule has 0 atom stereocenters. The van der Waals surface area contributed by atoms with E-state index in [1.165, 1.54) is 98.5 Å². The van der Waals surface area contributed by atoms with Crippen LogP contribution in [0.15, 0.2) is 133 Å². The van der Waals surface area contributed by atoms with Crippen LogP contribution in [0.2, 0.25) is 0 Å². The van der Waals surface area contributed by atoms with Crippen LogP contribution in [0.25, 0.3) is 72.8 Å². The molecular formula is C51H46B12N4O2. The molecule has 0 spiro atoms. The Morgan fingerprint density at radius 3 is 1.45 bits per heavy atom. The number of nitrogens with zero attached hydrogens (tertiary/aromatic N) is 4. The summed E-state index contributed by atoms with van der Waals surface area (Å²) in [6.07, 6.45) is 0. The molecule has 0 aliphatic heterocycles. The van der Waals surface area contributed by atoms with Gasteiger partial charge in [-0.15, -0.1) is 21.9 Å². The second-order valence-electron chi connectivity index (χ2n) is 18.7. The van der Waals surface area contributed by atoms with E-state index < -0.39 is 0 Å². The van der Waals surface area contributed by atoms with Crippen LogP contribution in [0.5, 0.6) is 23.0 Å². The summed E-state index contributed by atoms with van der Waals surface area (Å²) in [5.74, 6) is 4.38. The van der Waals surface area contributed by atoms with E-state index in [-0.39, 0.29) is 0 Å². The van der Waals surface area contributed by atoms with Gasteiger partial charge in [-0.3, -0.25) is 0 Å². The maximum Gasteiger partial charge on any atom is 0.167 e. The number of para-hydroxylation sites is 4. The number of hydrogen-bond acceptors (Lipinski definition) is 5. The van der Waals surface area contributed by atoms with Crippen molar-refractivity contribution in [2.24, 2.45) is 0 Å². The second kappa shape index (κ2) is 18.1. The van der Waals surface area contributed by atoms with Crippen LogP contribution in [-0.4, -0.2) is 114 Å². The fourth-order valence-electron chi connectivity index (χ4n) is 10.5. The molecule has 0 aliphatic rings. The molecule has 0 amide bonds. The molecule has 0 bridgehead atoms. The molecule has 0 unspecified atom stereocenters. The van der Waals surface area contributed by atoms with Crippen molar-refractivity contribution in [1.82, 2.24) is 19.5 Å². The van der Waals surface area contributed by atoms with E-state index in [1.807, 2.05) is 109 Å². The Balaban J connectivity index is 1.14. The summed E-state index contributed by atoms with van der Waals surface area (Å²) < 4.78 is 16.0. The molecule has 10 aromatic rings. The minimum absolute atomic E-state index is 0.506. The number of fused-ring (bicyclic) bond motifs is 3. The molecule has 0 saturated heterocycles. The Hall–Kier alpha value is -7.05. The Morgan fingerprint density at radius 1 is 0.333 bits per heavy atom. The lowest BCUT2D eigenvalue weighted by Crippen LogP contribution is -2.56. The third kappa shape index (κ3) is 7.78. The van der Waals surface area contributed by atoms with Gasteiger partial charge in [-0.25, -0.2) is 15.0 Å². The Bertz CT molecular complexity index is 3690. The van der Waals surface area contributed by atoms with Crippen molar-refractivity contribution in [3.63, 3.8) is 0 Å². The first-order valence-electron chi connectivity index (χ1n) is 23.9. The van der Waals surface area contributed by atoms with E-state index in [2.05, 4.69) is 123 Å². The van der Waals surface area contributed by atoms with Gasteiger partial charge < -0.3 is 14.0 Å². The maximum absolute atomic E-state index is 7.08. The molecule has 8 aromatic carbocycles. The standard InChI is InChI=1S/C51H46B12N4O2/c52-35-31(32-36(53)40(57)43(60)41(58)37(32)54)38(55)45(62)47-33(35)34-39(56)42(59)44(61)46(63)48(34)67(47)28-19-8-10-21-30(28)69-26-17-11-14-24(22-26)50-64-49(23-12-3-1-4-13-23)65-51(66-50)27-18-7-9-20-29(27)68-25-15-5-2-6-16-25/h1-22H,52-63H2. The van der Waals surface area contributed by atoms with Gasteiger partial charge in [0.2, 0.25) is 0 Å². The van der Waals surface area contributed by atoms with Gasteiger partial charge in [0.25, 0.3) is 0 Å². The molecule has 318 valence electrons. The van der Waals surface area contributed by atoms with Crippen molar-refractivity contribution in [2.45, 2.75) is 0 Å².